The fourth-order valence-electron chi connectivity index (χ4n) is 1.88. The number of amides is 1. The molecule has 1 saturated heterocycles. The van der Waals surface area contributed by atoms with Crippen molar-refractivity contribution in [2.24, 2.45) is 0 Å². The monoisotopic (exact) mass is 344 g/mol. The Kier molecular flexibility index (Phi) is 6.63. The summed E-state index contributed by atoms with van der Waals surface area (Å²) in [6.45, 7) is 4.14. The van der Waals surface area contributed by atoms with Crippen molar-refractivity contribution in [1.82, 2.24) is 14.9 Å². The van der Waals surface area contributed by atoms with Crippen LogP contribution in [0.25, 0.3) is 0 Å². The van der Waals surface area contributed by atoms with E-state index in [1.165, 1.54) is 4.90 Å². The van der Waals surface area contributed by atoms with Crippen LogP contribution in [0.5, 0.6) is 0 Å². The summed E-state index contributed by atoms with van der Waals surface area (Å²) >= 11 is 1.01. The number of nitrogen functional groups attached to an aromatic ring is 1. The molecule has 1 aliphatic heterocycles. The molecule has 2 heterocycles. The Hall–Kier alpha value is -1.80. The Bertz CT molecular complexity index is 609. The summed E-state index contributed by atoms with van der Waals surface area (Å²) in [5, 5.41) is -0.348. The molecule has 0 saturated carbocycles. The number of carbonyl (C=O) groups is 2. The molecule has 0 atom stereocenters. The second kappa shape index (κ2) is 8.00. The first kappa shape index (κ1) is 18.2. The Balaban J connectivity index is 0.00000242. The first-order valence-corrected chi connectivity index (χ1v) is 7.17. The van der Waals surface area contributed by atoms with Crippen LogP contribution < -0.4 is 5.73 Å². The van der Waals surface area contributed by atoms with Crippen LogP contribution in [0.3, 0.4) is 0 Å². The zero-order valence-electron chi connectivity index (χ0n) is 12.2. The lowest BCUT2D eigenvalue weighted by molar-refractivity contribution is -0.116. The Morgan fingerprint density at radius 2 is 2.32 bits per heavy atom. The van der Waals surface area contributed by atoms with Crippen molar-refractivity contribution in [3.63, 3.8) is 0 Å². The third-order valence-electron chi connectivity index (χ3n) is 3.08. The Morgan fingerprint density at radius 3 is 2.91 bits per heavy atom. The van der Waals surface area contributed by atoms with E-state index < -0.39 is 0 Å². The molecule has 2 N–H and O–H groups in total. The third-order valence-corrected chi connectivity index (χ3v) is 4.11. The summed E-state index contributed by atoms with van der Waals surface area (Å²) in [4.78, 5) is 33.1. The quantitative estimate of drug-likeness (QED) is 0.660. The number of aromatic nitrogens is 2. The van der Waals surface area contributed by atoms with Crippen LogP contribution in [-0.2, 0) is 16.1 Å². The smallest absolute Gasteiger partial charge is 0.371 e. The maximum absolute atomic E-state index is 11.3. The highest BCUT2D eigenvalue weighted by molar-refractivity contribution is 8.16. The molecule has 9 heteroatoms. The number of carbonyl (C=O) groups excluding carboxylic acids is 2. The van der Waals surface area contributed by atoms with Crippen molar-refractivity contribution in [3.8, 4) is 0 Å². The van der Waals surface area contributed by atoms with Gasteiger partial charge in [-0.1, -0.05) is 0 Å². The van der Waals surface area contributed by atoms with Gasteiger partial charge < -0.3 is 15.4 Å². The lowest BCUT2D eigenvalue weighted by Gasteiger charge is -2.23. The minimum Gasteiger partial charge on any atom is -0.457 e. The van der Waals surface area contributed by atoms with Gasteiger partial charge in [0.1, 0.15) is 11.6 Å². The zero-order chi connectivity index (χ0) is 15.4. The van der Waals surface area contributed by atoms with Crippen LogP contribution >= 0.6 is 24.2 Å². The van der Waals surface area contributed by atoms with Gasteiger partial charge in [0.05, 0.1) is 13.2 Å². The number of ether oxygens (including phenoxy) is 1. The number of anilines is 1. The lowest BCUT2D eigenvalue weighted by atomic mass is 10.2. The van der Waals surface area contributed by atoms with E-state index in [0.717, 1.165) is 16.7 Å². The van der Waals surface area contributed by atoms with Gasteiger partial charge in [0.25, 0.3) is 0 Å². The number of nitrogens with zero attached hydrogens (tertiary/aromatic N) is 3. The molecular weight excluding hydrogens is 328 g/mol. The number of halogens is 1. The summed E-state index contributed by atoms with van der Waals surface area (Å²) in [7, 11) is 0. The predicted molar refractivity (Wildman–Crippen MR) is 86.3 cm³/mol. The third kappa shape index (κ3) is 4.35. The molecule has 0 unspecified atom stereocenters. The summed E-state index contributed by atoms with van der Waals surface area (Å²) in [6, 6.07) is 0. The predicted octanol–water partition coefficient (Wildman–Crippen LogP) is 2.25. The average Bonchev–Trinajstić information content (AvgIpc) is 2.46. The van der Waals surface area contributed by atoms with E-state index >= 15 is 0 Å². The van der Waals surface area contributed by atoms with Gasteiger partial charge in [0.2, 0.25) is 6.41 Å². The van der Waals surface area contributed by atoms with Crippen molar-refractivity contribution in [2.75, 3.05) is 12.3 Å². The highest BCUT2D eigenvalue weighted by Crippen LogP contribution is 2.31. The number of nitrogens with two attached hydrogens (primary N) is 1. The molecule has 1 fully saturated rings. The number of hydrogen-bond donors (Lipinski definition) is 1. The van der Waals surface area contributed by atoms with Crippen molar-refractivity contribution in [2.45, 2.75) is 26.8 Å². The molecule has 0 aliphatic carbocycles. The van der Waals surface area contributed by atoms with Gasteiger partial charge in [-0.3, -0.25) is 4.79 Å². The fraction of sp³-hybridized carbons (Fsp3) is 0.385. The number of allylic oxidation sites excluding steroid dienone is 1. The molecule has 0 aromatic carbocycles. The van der Waals surface area contributed by atoms with Crippen molar-refractivity contribution in [3.05, 3.63) is 28.2 Å². The van der Waals surface area contributed by atoms with E-state index in [1.807, 2.05) is 0 Å². The molecule has 7 nitrogen and oxygen atoms in total. The van der Waals surface area contributed by atoms with E-state index in [2.05, 4.69) is 9.97 Å². The summed E-state index contributed by atoms with van der Waals surface area (Å²) in [5.41, 5.74) is 7.21. The molecule has 0 bridgehead atoms. The van der Waals surface area contributed by atoms with Crippen LogP contribution in [0.1, 0.15) is 24.7 Å². The molecule has 1 aliphatic rings. The van der Waals surface area contributed by atoms with Gasteiger partial charge in [0, 0.05) is 28.8 Å². The number of thioether (sulfide) groups is 1. The van der Waals surface area contributed by atoms with Gasteiger partial charge in [-0.25, -0.2) is 14.8 Å². The van der Waals surface area contributed by atoms with E-state index in [0.29, 0.717) is 42.3 Å². The molecule has 120 valence electrons. The molecule has 1 aromatic rings. The summed E-state index contributed by atoms with van der Waals surface area (Å²) < 4.78 is 4.87. The number of cyclic esters (lactones) is 1. The normalized spacial score (nSPS) is 16.4. The van der Waals surface area contributed by atoms with E-state index in [4.69, 9.17) is 10.5 Å². The van der Waals surface area contributed by atoms with Gasteiger partial charge >= 0.3 is 5.30 Å². The molecule has 2 rings (SSSR count). The molecule has 0 radical (unpaired) electrons. The minimum atomic E-state index is -0.348. The molecular formula is C13H17ClN4O3S. The largest absolute Gasteiger partial charge is 0.457 e. The first-order chi connectivity index (χ1) is 10.0. The van der Waals surface area contributed by atoms with Gasteiger partial charge in [-0.2, -0.15) is 0 Å². The first-order valence-electron chi connectivity index (χ1n) is 6.35. The van der Waals surface area contributed by atoms with Gasteiger partial charge in [0.15, 0.2) is 0 Å². The highest BCUT2D eigenvalue weighted by Gasteiger charge is 2.20. The van der Waals surface area contributed by atoms with Crippen LogP contribution in [0.15, 0.2) is 16.8 Å². The standard InChI is InChI=1S/C13H16N4O3S.ClH/c1-8(11-3-4-20-13(19)21-11)17(7-18)6-10-5-15-9(2)16-12(10)14;/h5,7H,3-4,6H2,1-2H3,(H2,14,15,16);1H/b11-8-;. The fourth-order valence-corrected chi connectivity index (χ4v) is 2.67. The summed E-state index contributed by atoms with van der Waals surface area (Å²) in [5.74, 6) is 0.928. The molecule has 1 amide bonds. The Morgan fingerprint density at radius 1 is 1.59 bits per heavy atom. The second-order valence-corrected chi connectivity index (χ2v) is 5.55. The molecule has 22 heavy (non-hydrogen) atoms. The van der Waals surface area contributed by atoms with Crippen molar-refractivity contribution < 1.29 is 14.3 Å². The minimum absolute atomic E-state index is 0. The van der Waals surface area contributed by atoms with Crippen LogP contribution in [0.4, 0.5) is 10.6 Å². The highest BCUT2D eigenvalue weighted by atomic mass is 35.5. The SMILES string of the molecule is C/C(=C1\CCOC(=O)S1)N(C=O)Cc1cnc(C)nc1N.Cl. The maximum atomic E-state index is 11.3. The Labute approximate surface area is 138 Å². The molecule has 0 spiro atoms. The van der Waals surface area contributed by atoms with Crippen LogP contribution in [0.2, 0.25) is 0 Å². The van der Waals surface area contributed by atoms with E-state index in [9.17, 15) is 9.59 Å². The topological polar surface area (TPSA) is 98.4 Å². The van der Waals surface area contributed by atoms with Gasteiger partial charge in [-0.15, -0.1) is 12.4 Å². The number of aryl methyl sites for hydroxylation is 1. The number of rotatable bonds is 4. The maximum Gasteiger partial charge on any atom is 0.371 e. The average molecular weight is 345 g/mol. The second-order valence-electron chi connectivity index (χ2n) is 4.52. The van der Waals surface area contributed by atoms with E-state index in [-0.39, 0.29) is 24.3 Å². The van der Waals surface area contributed by atoms with Crippen LogP contribution in [0, 0.1) is 6.92 Å². The molecule has 1 aromatic heterocycles. The lowest BCUT2D eigenvalue weighted by Crippen LogP contribution is -2.23. The van der Waals surface area contributed by atoms with Crippen molar-refractivity contribution in [1.29, 1.82) is 0 Å². The van der Waals surface area contributed by atoms with Crippen LogP contribution in [-0.4, -0.2) is 33.2 Å². The van der Waals surface area contributed by atoms with Crippen molar-refractivity contribution >= 4 is 41.7 Å². The summed E-state index contributed by atoms with van der Waals surface area (Å²) in [6.07, 6.45) is 2.92. The van der Waals surface area contributed by atoms with Gasteiger partial charge in [-0.05, 0) is 25.6 Å². The van der Waals surface area contributed by atoms with E-state index in [1.54, 1.807) is 20.0 Å². The number of hydrogen-bond acceptors (Lipinski definition) is 7. The zero-order valence-corrected chi connectivity index (χ0v) is 13.9.